The maximum absolute atomic E-state index is 5.68. The molecule has 0 unspecified atom stereocenters. The van der Waals surface area contributed by atoms with Gasteiger partial charge in [0.25, 0.3) is 0 Å². The molecule has 0 aliphatic rings. The van der Waals surface area contributed by atoms with Gasteiger partial charge in [0, 0.05) is 10.7 Å². The molecule has 2 nitrogen and oxygen atoms in total. The number of ether oxygens (including phenoxy) is 1. The summed E-state index contributed by atoms with van der Waals surface area (Å²) in [5.74, 6) is 0.880. The summed E-state index contributed by atoms with van der Waals surface area (Å²) in [4.78, 5) is 0. The van der Waals surface area contributed by atoms with E-state index in [2.05, 4.69) is 46.3 Å². The Morgan fingerprint density at radius 1 is 1.33 bits per heavy atom. The summed E-state index contributed by atoms with van der Waals surface area (Å²) in [7, 11) is 0. The van der Waals surface area contributed by atoms with Crippen molar-refractivity contribution in [1.82, 2.24) is 4.37 Å². The number of halogens is 1. The molecule has 0 N–H and O–H groups in total. The number of alkyl halides is 1. The lowest BCUT2D eigenvalue weighted by Crippen LogP contribution is -1.92. The van der Waals surface area contributed by atoms with E-state index in [1.54, 1.807) is 0 Å². The van der Waals surface area contributed by atoms with E-state index in [1.807, 2.05) is 36.4 Å². The molecule has 110 valence electrons. The van der Waals surface area contributed by atoms with E-state index in [9.17, 15) is 0 Å². The molecule has 0 amide bonds. The topological polar surface area (TPSA) is 22.1 Å². The summed E-state index contributed by atoms with van der Waals surface area (Å²) in [5, 5.41) is 2.02. The Bertz CT molecular complexity index is 681. The molecule has 1 aromatic heterocycles. The molecule has 0 aliphatic carbocycles. The highest BCUT2D eigenvalue weighted by molar-refractivity contribution is 9.09. The molecule has 0 aliphatic heterocycles. The Hall–Kier alpha value is -1.39. The van der Waals surface area contributed by atoms with Crippen molar-refractivity contribution in [1.29, 1.82) is 0 Å². The fourth-order valence-electron chi connectivity index (χ4n) is 1.75. The molecule has 0 radical (unpaired) electrons. The molecule has 0 saturated carbocycles. The first kappa shape index (κ1) is 16.0. The monoisotopic (exact) mass is 363 g/mol. The largest absolute Gasteiger partial charge is 0.489 e. The Morgan fingerprint density at radius 2 is 2.19 bits per heavy atom. The number of benzene rings is 1. The predicted octanol–water partition coefficient (Wildman–Crippen LogP) is 5.61. The molecule has 0 spiro atoms. The Balaban J connectivity index is 2.13. The van der Waals surface area contributed by atoms with Gasteiger partial charge in [0.1, 0.15) is 12.4 Å². The Kier molecular flexibility index (Phi) is 6.21. The van der Waals surface area contributed by atoms with Gasteiger partial charge in [-0.15, -0.1) is 0 Å². The third-order valence-electron chi connectivity index (χ3n) is 2.76. The minimum Gasteiger partial charge on any atom is -0.489 e. The van der Waals surface area contributed by atoms with Crippen LogP contribution < -0.4 is 4.74 Å². The molecule has 1 heterocycles. The SMILES string of the molecule is CC(C)=CC=Cc1nsc2cc(OCC=CCBr)ccc12. The zero-order valence-electron chi connectivity index (χ0n) is 12.2. The van der Waals surface area contributed by atoms with Crippen molar-refractivity contribution in [2.45, 2.75) is 13.8 Å². The van der Waals surface area contributed by atoms with Gasteiger partial charge in [-0.1, -0.05) is 45.8 Å². The van der Waals surface area contributed by atoms with Crippen LogP contribution in [0.3, 0.4) is 0 Å². The van der Waals surface area contributed by atoms with Gasteiger partial charge >= 0.3 is 0 Å². The lowest BCUT2D eigenvalue weighted by atomic mass is 10.2. The van der Waals surface area contributed by atoms with E-state index >= 15 is 0 Å². The Labute approximate surface area is 138 Å². The van der Waals surface area contributed by atoms with Crippen molar-refractivity contribution < 1.29 is 4.74 Å². The highest BCUT2D eigenvalue weighted by atomic mass is 79.9. The summed E-state index contributed by atoms with van der Waals surface area (Å²) in [6.07, 6.45) is 10.2. The number of fused-ring (bicyclic) bond motifs is 1. The van der Waals surface area contributed by atoms with Gasteiger partial charge in [-0.25, -0.2) is 0 Å². The maximum atomic E-state index is 5.68. The van der Waals surface area contributed by atoms with Crippen molar-refractivity contribution >= 4 is 43.6 Å². The number of hydrogen-bond acceptors (Lipinski definition) is 3. The van der Waals surface area contributed by atoms with Gasteiger partial charge < -0.3 is 4.74 Å². The first-order valence-electron chi connectivity index (χ1n) is 6.75. The average molecular weight is 364 g/mol. The van der Waals surface area contributed by atoms with Crippen LogP contribution in [0.2, 0.25) is 0 Å². The van der Waals surface area contributed by atoms with Crippen LogP contribution in [0.15, 0.2) is 48.1 Å². The molecule has 1 aromatic carbocycles. The van der Waals surface area contributed by atoms with E-state index in [1.165, 1.54) is 22.5 Å². The zero-order chi connectivity index (χ0) is 15.1. The molecule has 0 fully saturated rings. The summed E-state index contributed by atoms with van der Waals surface area (Å²) < 4.78 is 11.3. The number of aromatic nitrogens is 1. The highest BCUT2D eigenvalue weighted by Gasteiger charge is 2.04. The highest BCUT2D eigenvalue weighted by Crippen LogP contribution is 2.27. The van der Waals surface area contributed by atoms with E-state index in [-0.39, 0.29) is 0 Å². The van der Waals surface area contributed by atoms with Gasteiger partial charge in [0.15, 0.2) is 0 Å². The minimum atomic E-state index is 0.587. The molecular weight excluding hydrogens is 346 g/mol. The molecule has 0 saturated heterocycles. The number of hydrogen-bond donors (Lipinski definition) is 0. The molecule has 21 heavy (non-hydrogen) atoms. The van der Waals surface area contributed by atoms with E-state index in [0.29, 0.717) is 6.61 Å². The normalized spacial score (nSPS) is 11.6. The van der Waals surface area contributed by atoms with Crippen molar-refractivity contribution in [3.63, 3.8) is 0 Å². The van der Waals surface area contributed by atoms with Gasteiger partial charge in [-0.2, -0.15) is 4.37 Å². The third kappa shape index (κ3) is 4.83. The summed E-state index contributed by atoms with van der Waals surface area (Å²) in [6, 6.07) is 6.12. The first-order chi connectivity index (χ1) is 10.2. The van der Waals surface area contributed by atoms with Crippen LogP contribution in [0.5, 0.6) is 5.75 Å². The van der Waals surface area contributed by atoms with Gasteiger partial charge in [0.05, 0.1) is 10.4 Å². The lowest BCUT2D eigenvalue weighted by molar-refractivity contribution is 0.363. The van der Waals surface area contributed by atoms with Crippen LogP contribution in [0.4, 0.5) is 0 Å². The fraction of sp³-hybridized carbons (Fsp3) is 0.235. The van der Waals surface area contributed by atoms with Crippen LogP contribution in [-0.4, -0.2) is 16.3 Å². The smallest absolute Gasteiger partial charge is 0.121 e. The quantitative estimate of drug-likeness (QED) is 0.378. The second-order valence-electron chi connectivity index (χ2n) is 4.77. The van der Waals surface area contributed by atoms with Crippen molar-refractivity contribution in [3.05, 3.63) is 53.8 Å². The third-order valence-corrected chi connectivity index (χ3v) is 3.95. The van der Waals surface area contributed by atoms with Crippen LogP contribution in [0.25, 0.3) is 16.2 Å². The van der Waals surface area contributed by atoms with Crippen LogP contribution >= 0.6 is 27.5 Å². The molecule has 2 rings (SSSR count). The first-order valence-corrected chi connectivity index (χ1v) is 8.65. The van der Waals surface area contributed by atoms with Gasteiger partial charge in [0.2, 0.25) is 0 Å². The van der Waals surface area contributed by atoms with Crippen LogP contribution in [-0.2, 0) is 0 Å². The number of rotatable bonds is 6. The Morgan fingerprint density at radius 3 is 2.95 bits per heavy atom. The molecule has 2 aromatic rings. The van der Waals surface area contributed by atoms with Gasteiger partial charge in [-0.05, 0) is 49.7 Å². The van der Waals surface area contributed by atoms with E-state index in [0.717, 1.165) is 21.5 Å². The van der Waals surface area contributed by atoms with Crippen molar-refractivity contribution in [3.8, 4) is 5.75 Å². The van der Waals surface area contributed by atoms with Crippen molar-refractivity contribution in [2.75, 3.05) is 11.9 Å². The van der Waals surface area contributed by atoms with E-state index < -0.39 is 0 Å². The fourth-order valence-corrected chi connectivity index (χ4v) is 2.81. The summed E-state index contributed by atoms with van der Waals surface area (Å²) in [5.41, 5.74) is 2.29. The second kappa shape index (κ2) is 8.15. The summed E-state index contributed by atoms with van der Waals surface area (Å²) in [6.45, 7) is 4.75. The summed E-state index contributed by atoms with van der Waals surface area (Å²) >= 11 is 4.84. The minimum absolute atomic E-state index is 0.587. The van der Waals surface area contributed by atoms with Crippen molar-refractivity contribution in [2.24, 2.45) is 0 Å². The lowest BCUT2D eigenvalue weighted by Gasteiger charge is -2.02. The average Bonchev–Trinajstić information content (AvgIpc) is 2.86. The second-order valence-corrected chi connectivity index (χ2v) is 6.22. The standard InChI is InChI=1S/C17H18BrNOS/c1-13(2)6-5-7-16-15-9-8-14(12-17(15)21-19-16)20-11-4-3-10-18/h3-9,12H,10-11H2,1-2H3. The van der Waals surface area contributed by atoms with Crippen LogP contribution in [0, 0.1) is 0 Å². The number of nitrogens with zero attached hydrogens (tertiary/aromatic N) is 1. The predicted molar refractivity (Wildman–Crippen MR) is 96.5 cm³/mol. The van der Waals surface area contributed by atoms with Crippen LogP contribution in [0.1, 0.15) is 19.5 Å². The number of allylic oxidation sites excluding steroid dienone is 4. The molecule has 4 heteroatoms. The maximum Gasteiger partial charge on any atom is 0.121 e. The molecule has 0 bridgehead atoms. The van der Waals surface area contributed by atoms with E-state index in [4.69, 9.17) is 4.74 Å². The van der Waals surface area contributed by atoms with Gasteiger partial charge in [-0.3, -0.25) is 0 Å². The molecular formula is C17H18BrNOS. The molecule has 0 atom stereocenters. The zero-order valence-corrected chi connectivity index (χ0v) is 14.6.